The first kappa shape index (κ1) is 21.0. The molecule has 1 aromatic rings. The molecule has 0 amide bonds. The number of allylic oxidation sites excluding steroid dienone is 1. The maximum absolute atomic E-state index is 14.3. The van der Waals surface area contributed by atoms with Crippen LogP contribution < -0.4 is 10.5 Å². The third-order valence-corrected chi connectivity index (χ3v) is 5.17. The minimum Gasteiger partial charge on any atom is -0.484 e. The number of hydrogen-bond donors (Lipinski definition) is 2. The van der Waals surface area contributed by atoms with E-state index in [0.717, 1.165) is 12.8 Å². The Morgan fingerprint density at radius 1 is 1.48 bits per heavy atom. The Morgan fingerprint density at radius 2 is 2.21 bits per heavy atom. The molecule has 1 aliphatic heterocycles. The second-order valence-corrected chi connectivity index (χ2v) is 7.69. The summed E-state index contributed by atoms with van der Waals surface area (Å²) in [5.74, 6) is 0.170. The van der Waals surface area contributed by atoms with Crippen LogP contribution >= 0.6 is 0 Å². The van der Waals surface area contributed by atoms with Gasteiger partial charge in [0.05, 0.1) is 24.1 Å². The summed E-state index contributed by atoms with van der Waals surface area (Å²) in [4.78, 5) is 10.4. The van der Waals surface area contributed by atoms with E-state index in [1.807, 2.05) is 18.7 Å². The van der Waals surface area contributed by atoms with Crippen LogP contribution in [0.5, 0.6) is 5.75 Å². The summed E-state index contributed by atoms with van der Waals surface area (Å²) >= 11 is 0. The van der Waals surface area contributed by atoms with Gasteiger partial charge in [-0.3, -0.25) is 10.4 Å². The normalized spacial score (nSPS) is 21.7. The second-order valence-electron chi connectivity index (χ2n) is 7.69. The molecule has 7 nitrogen and oxygen atoms in total. The third-order valence-electron chi connectivity index (χ3n) is 5.17. The van der Waals surface area contributed by atoms with Crippen LogP contribution in [0.15, 0.2) is 34.0 Å². The lowest BCUT2D eigenvalue weighted by molar-refractivity contribution is -0.00606. The first-order chi connectivity index (χ1) is 13.8. The Kier molecular flexibility index (Phi) is 6.02. The molecule has 2 fully saturated rings. The van der Waals surface area contributed by atoms with Crippen LogP contribution in [0.3, 0.4) is 0 Å². The lowest BCUT2D eigenvalue weighted by Gasteiger charge is -2.32. The molecule has 1 atom stereocenters. The number of rotatable bonds is 7. The van der Waals surface area contributed by atoms with Crippen LogP contribution in [0.1, 0.15) is 32.3 Å². The highest BCUT2D eigenvalue weighted by Gasteiger charge is 2.40. The van der Waals surface area contributed by atoms with Gasteiger partial charge in [0.2, 0.25) is 0 Å². The van der Waals surface area contributed by atoms with Crippen molar-refractivity contribution in [1.82, 2.24) is 4.90 Å². The standard InChI is InChI=1S/C21H28FN5O2/c1-13-12-27(7-8-28-13)19(26-4)11-17(25-3)20(24)14-9-18(15(22)10-16(14)23)29-21(2)5-6-21/h9-11,13,24H,4-8,12,23H2,1-3H3. The number of nitrogens with two attached hydrogens (primary N) is 1. The van der Waals surface area contributed by atoms with Gasteiger partial charge in [-0.25, -0.2) is 9.38 Å². The van der Waals surface area contributed by atoms with Crippen LogP contribution in [-0.2, 0) is 4.74 Å². The number of nitrogens with zero attached hydrogens (tertiary/aromatic N) is 3. The molecule has 0 radical (unpaired) electrons. The zero-order valence-electron chi connectivity index (χ0n) is 17.2. The number of halogens is 1. The Balaban J connectivity index is 1.88. The van der Waals surface area contributed by atoms with E-state index in [1.165, 1.54) is 12.1 Å². The van der Waals surface area contributed by atoms with Gasteiger partial charge in [0, 0.05) is 43.5 Å². The topological polar surface area (TPSA) is 96.3 Å². The maximum atomic E-state index is 14.3. The summed E-state index contributed by atoms with van der Waals surface area (Å²) in [6.45, 7) is 9.51. The van der Waals surface area contributed by atoms with Crippen LogP contribution in [0.25, 0.3) is 0 Å². The number of hydrogen-bond acceptors (Lipinski definition) is 7. The number of benzene rings is 1. The molecule has 156 valence electrons. The largest absolute Gasteiger partial charge is 0.484 e. The van der Waals surface area contributed by atoms with Crippen molar-refractivity contribution in [2.75, 3.05) is 32.5 Å². The van der Waals surface area contributed by atoms with E-state index in [1.54, 1.807) is 13.1 Å². The first-order valence-electron chi connectivity index (χ1n) is 9.65. The van der Waals surface area contributed by atoms with Crippen LogP contribution in [-0.4, -0.2) is 61.5 Å². The summed E-state index contributed by atoms with van der Waals surface area (Å²) in [5.41, 5.74) is 6.63. The lowest BCUT2D eigenvalue weighted by Crippen LogP contribution is -2.40. The van der Waals surface area contributed by atoms with Gasteiger partial charge in [-0.05, 0) is 39.5 Å². The van der Waals surface area contributed by atoms with E-state index >= 15 is 0 Å². The number of nitrogens with one attached hydrogen (secondary N) is 1. The molecule has 2 aliphatic rings. The molecule has 3 rings (SSSR count). The second kappa shape index (κ2) is 8.32. The van der Waals surface area contributed by atoms with Crippen molar-refractivity contribution in [3.05, 3.63) is 35.4 Å². The molecule has 3 N–H and O–H groups in total. The van der Waals surface area contributed by atoms with E-state index in [4.69, 9.17) is 20.6 Å². The average Bonchev–Trinajstić information content (AvgIpc) is 3.41. The third kappa shape index (κ3) is 4.82. The SMILES string of the molecule is C=NC(=CC(=NC)C(=N)c1cc(OC2(C)CC2)c(F)cc1N)N1CCOC(C)C1. The summed E-state index contributed by atoms with van der Waals surface area (Å²) in [5, 5.41) is 8.62. The van der Waals surface area contributed by atoms with Crippen molar-refractivity contribution in [1.29, 1.82) is 5.41 Å². The van der Waals surface area contributed by atoms with Gasteiger partial charge in [0.15, 0.2) is 11.6 Å². The Bertz CT molecular complexity index is 876. The molecule has 29 heavy (non-hydrogen) atoms. The number of morpholine rings is 1. The minimum absolute atomic E-state index is 0.0678. The fraction of sp³-hybridized carbons (Fsp3) is 0.476. The predicted octanol–water partition coefficient (Wildman–Crippen LogP) is 3.04. The molecular formula is C21H28FN5O2. The van der Waals surface area contributed by atoms with E-state index < -0.39 is 5.82 Å². The predicted molar refractivity (Wildman–Crippen MR) is 114 cm³/mol. The van der Waals surface area contributed by atoms with Gasteiger partial charge in [-0.1, -0.05) is 0 Å². The van der Waals surface area contributed by atoms with E-state index in [-0.39, 0.29) is 28.9 Å². The lowest BCUT2D eigenvalue weighted by atomic mass is 10.0. The number of ether oxygens (including phenoxy) is 2. The highest BCUT2D eigenvalue weighted by Crippen LogP contribution is 2.41. The quantitative estimate of drug-likeness (QED) is 0.542. The van der Waals surface area contributed by atoms with Gasteiger partial charge < -0.3 is 20.1 Å². The molecule has 0 bridgehead atoms. The van der Waals surface area contributed by atoms with Gasteiger partial charge >= 0.3 is 0 Å². The summed E-state index contributed by atoms with van der Waals surface area (Å²) in [7, 11) is 1.59. The number of aliphatic imine (C=N–C) groups is 2. The Labute approximate surface area is 170 Å². The molecule has 1 aromatic carbocycles. The van der Waals surface area contributed by atoms with E-state index in [9.17, 15) is 4.39 Å². The van der Waals surface area contributed by atoms with E-state index in [0.29, 0.717) is 36.8 Å². The molecule has 0 spiro atoms. The van der Waals surface area contributed by atoms with Crippen molar-refractivity contribution >= 4 is 23.8 Å². The molecule has 1 saturated carbocycles. The Hall–Kier alpha value is -2.74. The number of nitrogen functional groups attached to an aromatic ring is 1. The fourth-order valence-electron chi connectivity index (χ4n) is 3.18. The highest BCUT2D eigenvalue weighted by molar-refractivity contribution is 6.51. The van der Waals surface area contributed by atoms with Crippen LogP contribution in [0.2, 0.25) is 0 Å². The summed E-state index contributed by atoms with van der Waals surface area (Å²) in [6, 6.07) is 2.67. The van der Waals surface area contributed by atoms with Gasteiger partial charge in [-0.15, -0.1) is 0 Å². The smallest absolute Gasteiger partial charge is 0.167 e. The molecule has 1 heterocycles. The van der Waals surface area contributed by atoms with Crippen LogP contribution in [0, 0.1) is 11.2 Å². The average molecular weight is 401 g/mol. The minimum atomic E-state index is -0.534. The van der Waals surface area contributed by atoms with Gasteiger partial charge in [-0.2, -0.15) is 0 Å². The molecule has 0 aromatic heterocycles. The van der Waals surface area contributed by atoms with Gasteiger partial charge in [0.1, 0.15) is 11.4 Å². The monoisotopic (exact) mass is 401 g/mol. The fourth-order valence-corrected chi connectivity index (χ4v) is 3.18. The molecule has 8 heteroatoms. The molecule has 1 aliphatic carbocycles. The molecule has 1 saturated heterocycles. The molecular weight excluding hydrogens is 373 g/mol. The van der Waals surface area contributed by atoms with Crippen molar-refractivity contribution in [3.8, 4) is 5.75 Å². The number of anilines is 1. The van der Waals surface area contributed by atoms with Crippen molar-refractivity contribution in [2.24, 2.45) is 9.98 Å². The van der Waals surface area contributed by atoms with E-state index in [2.05, 4.69) is 16.7 Å². The highest BCUT2D eigenvalue weighted by atomic mass is 19.1. The van der Waals surface area contributed by atoms with Gasteiger partial charge in [0.25, 0.3) is 0 Å². The Morgan fingerprint density at radius 3 is 2.79 bits per heavy atom. The van der Waals surface area contributed by atoms with Crippen LogP contribution in [0.4, 0.5) is 10.1 Å². The zero-order valence-corrected chi connectivity index (χ0v) is 17.2. The summed E-state index contributed by atoms with van der Waals surface area (Å²) in [6.07, 6.45) is 3.52. The maximum Gasteiger partial charge on any atom is 0.167 e. The van der Waals surface area contributed by atoms with Crippen molar-refractivity contribution < 1.29 is 13.9 Å². The first-order valence-corrected chi connectivity index (χ1v) is 9.65. The van der Waals surface area contributed by atoms with Crippen molar-refractivity contribution in [2.45, 2.75) is 38.4 Å². The molecule has 1 unspecified atom stereocenters. The zero-order chi connectivity index (χ0) is 21.2. The van der Waals surface area contributed by atoms with Crippen molar-refractivity contribution in [3.63, 3.8) is 0 Å². The summed E-state index contributed by atoms with van der Waals surface area (Å²) < 4.78 is 25.7.